The number of carbonyl (C=O) groups excluding carboxylic acids is 1. The van der Waals surface area contributed by atoms with E-state index < -0.39 is 0 Å². The van der Waals surface area contributed by atoms with E-state index in [2.05, 4.69) is 4.98 Å². The molecule has 1 aromatic heterocycles. The van der Waals surface area contributed by atoms with E-state index in [0.717, 1.165) is 28.2 Å². The van der Waals surface area contributed by atoms with Crippen LogP contribution in [-0.2, 0) is 17.8 Å². The number of nitrogens with two attached hydrogens (primary N) is 1. The largest absolute Gasteiger partial charge is 0.497 e. The highest BCUT2D eigenvalue weighted by Crippen LogP contribution is 2.19. The molecule has 5 nitrogen and oxygen atoms in total. The van der Waals surface area contributed by atoms with Crippen LogP contribution in [0.1, 0.15) is 11.4 Å². The van der Waals surface area contributed by atoms with Crippen LogP contribution < -0.4 is 10.5 Å². The minimum absolute atomic E-state index is 0.131. The van der Waals surface area contributed by atoms with Crippen LogP contribution in [0.4, 0.5) is 0 Å². The van der Waals surface area contributed by atoms with Gasteiger partial charge in [-0.1, -0.05) is 24.3 Å². The molecular weight excluding hydrogens is 278 g/mol. The maximum Gasteiger partial charge on any atom is 0.237 e. The lowest BCUT2D eigenvalue weighted by Crippen LogP contribution is -2.20. The first-order valence-corrected chi connectivity index (χ1v) is 7.03. The van der Waals surface area contributed by atoms with E-state index in [1.54, 1.807) is 7.11 Å². The van der Waals surface area contributed by atoms with Crippen molar-refractivity contribution >= 4 is 16.9 Å². The maximum absolute atomic E-state index is 11.4. The van der Waals surface area contributed by atoms with E-state index in [-0.39, 0.29) is 12.5 Å². The summed E-state index contributed by atoms with van der Waals surface area (Å²) >= 11 is 0. The molecule has 2 N–H and O–H groups in total. The Balaban J connectivity index is 1.99. The van der Waals surface area contributed by atoms with Crippen LogP contribution >= 0.6 is 0 Å². The molecule has 0 spiro atoms. The van der Waals surface area contributed by atoms with Crippen LogP contribution in [0.3, 0.4) is 0 Å². The molecule has 2 aromatic carbocycles. The van der Waals surface area contributed by atoms with E-state index >= 15 is 0 Å². The molecule has 3 rings (SSSR count). The summed E-state index contributed by atoms with van der Waals surface area (Å²) in [6.45, 7) is 0.131. The summed E-state index contributed by atoms with van der Waals surface area (Å²) in [6.07, 6.45) is 0.631. The average molecular weight is 295 g/mol. The molecule has 1 heterocycles. The SMILES string of the molecule is COc1ccc(Cc2nc3ccccc3n2CC(N)=O)cc1. The van der Waals surface area contributed by atoms with E-state index in [0.29, 0.717) is 6.42 Å². The van der Waals surface area contributed by atoms with Gasteiger partial charge in [0.1, 0.15) is 18.1 Å². The van der Waals surface area contributed by atoms with Crippen molar-refractivity contribution in [2.75, 3.05) is 7.11 Å². The molecule has 0 aliphatic heterocycles. The first-order chi connectivity index (χ1) is 10.7. The van der Waals surface area contributed by atoms with Crippen LogP contribution in [0, 0.1) is 0 Å². The van der Waals surface area contributed by atoms with Crippen LogP contribution in [-0.4, -0.2) is 22.6 Å². The molecular formula is C17H17N3O2. The summed E-state index contributed by atoms with van der Waals surface area (Å²) in [5.74, 6) is 1.26. The second-order valence-corrected chi connectivity index (χ2v) is 5.09. The zero-order valence-corrected chi connectivity index (χ0v) is 12.3. The summed E-state index contributed by atoms with van der Waals surface area (Å²) in [5, 5.41) is 0. The van der Waals surface area contributed by atoms with Gasteiger partial charge in [0.2, 0.25) is 5.91 Å². The Morgan fingerprint density at radius 2 is 1.91 bits per heavy atom. The molecule has 0 fully saturated rings. The van der Waals surface area contributed by atoms with E-state index in [1.165, 1.54) is 0 Å². The van der Waals surface area contributed by atoms with Crippen molar-refractivity contribution in [3.05, 3.63) is 59.9 Å². The van der Waals surface area contributed by atoms with E-state index in [4.69, 9.17) is 10.5 Å². The molecule has 0 saturated heterocycles. The highest BCUT2D eigenvalue weighted by molar-refractivity contribution is 5.80. The molecule has 0 aliphatic rings. The fourth-order valence-corrected chi connectivity index (χ4v) is 2.52. The number of methoxy groups -OCH3 is 1. The molecule has 0 radical (unpaired) electrons. The maximum atomic E-state index is 11.4. The van der Waals surface area contributed by atoms with Gasteiger partial charge in [0.05, 0.1) is 18.1 Å². The van der Waals surface area contributed by atoms with Crippen molar-refractivity contribution in [2.24, 2.45) is 5.73 Å². The number of hydrogen-bond donors (Lipinski definition) is 1. The molecule has 5 heteroatoms. The molecule has 0 atom stereocenters. The summed E-state index contributed by atoms with van der Waals surface area (Å²) in [5.41, 5.74) is 8.26. The number of nitrogens with zero attached hydrogens (tertiary/aromatic N) is 2. The first kappa shape index (κ1) is 14.1. The number of carbonyl (C=O) groups is 1. The summed E-state index contributed by atoms with van der Waals surface area (Å²) in [6, 6.07) is 15.6. The monoisotopic (exact) mass is 295 g/mol. The predicted octanol–water partition coefficient (Wildman–Crippen LogP) is 2.12. The Hall–Kier alpha value is -2.82. The minimum Gasteiger partial charge on any atom is -0.497 e. The van der Waals surface area contributed by atoms with Crippen molar-refractivity contribution in [1.29, 1.82) is 0 Å². The summed E-state index contributed by atoms with van der Waals surface area (Å²) in [7, 11) is 1.64. The standard InChI is InChI=1S/C17H17N3O2/c1-22-13-8-6-12(7-9-13)10-17-19-14-4-2-3-5-15(14)20(17)11-16(18)21/h2-9H,10-11H2,1H3,(H2,18,21). The van der Waals surface area contributed by atoms with Crippen molar-refractivity contribution in [2.45, 2.75) is 13.0 Å². The Bertz CT molecular complexity index is 806. The number of hydrogen-bond acceptors (Lipinski definition) is 3. The number of primary amides is 1. The molecule has 112 valence electrons. The third-order valence-electron chi connectivity index (χ3n) is 3.57. The van der Waals surface area contributed by atoms with Gasteiger partial charge in [-0.25, -0.2) is 4.98 Å². The molecule has 0 aliphatic carbocycles. The van der Waals surface area contributed by atoms with Gasteiger partial charge in [0, 0.05) is 6.42 Å². The van der Waals surface area contributed by atoms with E-state index in [9.17, 15) is 4.79 Å². The summed E-state index contributed by atoms with van der Waals surface area (Å²) in [4.78, 5) is 16.0. The molecule has 1 amide bonds. The number of fused-ring (bicyclic) bond motifs is 1. The number of imidazole rings is 1. The molecule has 0 saturated carbocycles. The lowest BCUT2D eigenvalue weighted by atomic mass is 10.1. The van der Waals surface area contributed by atoms with Gasteiger partial charge in [0.25, 0.3) is 0 Å². The molecule has 3 aromatic rings. The molecule has 22 heavy (non-hydrogen) atoms. The number of amides is 1. The zero-order chi connectivity index (χ0) is 15.5. The second-order valence-electron chi connectivity index (χ2n) is 5.09. The van der Waals surface area contributed by atoms with Gasteiger partial charge in [-0.15, -0.1) is 0 Å². The Kier molecular flexibility index (Phi) is 3.78. The van der Waals surface area contributed by atoms with E-state index in [1.807, 2.05) is 53.1 Å². The van der Waals surface area contributed by atoms with Gasteiger partial charge in [-0.3, -0.25) is 4.79 Å². The lowest BCUT2D eigenvalue weighted by molar-refractivity contribution is -0.118. The smallest absolute Gasteiger partial charge is 0.237 e. The zero-order valence-electron chi connectivity index (χ0n) is 12.3. The number of aromatic nitrogens is 2. The Morgan fingerprint density at radius 3 is 2.59 bits per heavy atom. The van der Waals surface area contributed by atoms with Crippen molar-refractivity contribution in [3.63, 3.8) is 0 Å². The Morgan fingerprint density at radius 1 is 1.18 bits per heavy atom. The lowest BCUT2D eigenvalue weighted by Gasteiger charge is -2.07. The van der Waals surface area contributed by atoms with Crippen molar-refractivity contribution in [1.82, 2.24) is 9.55 Å². The number of rotatable bonds is 5. The van der Waals surface area contributed by atoms with Gasteiger partial charge in [0.15, 0.2) is 0 Å². The molecule has 0 bridgehead atoms. The highest BCUT2D eigenvalue weighted by atomic mass is 16.5. The number of benzene rings is 2. The van der Waals surface area contributed by atoms with Gasteiger partial charge < -0.3 is 15.0 Å². The van der Waals surface area contributed by atoms with Crippen molar-refractivity contribution in [3.8, 4) is 5.75 Å². The fourth-order valence-electron chi connectivity index (χ4n) is 2.52. The van der Waals surface area contributed by atoms with Crippen LogP contribution in [0.5, 0.6) is 5.75 Å². The van der Waals surface area contributed by atoms with Crippen LogP contribution in [0.25, 0.3) is 11.0 Å². The van der Waals surface area contributed by atoms with Gasteiger partial charge in [-0.05, 0) is 29.8 Å². The number of ether oxygens (including phenoxy) is 1. The minimum atomic E-state index is -0.376. The van der Waals surface area contributed by atoms with Gasteiger partial charge >= 0.3 is 0 Å². The van der Waals surface area contributed by atoms with Crippen molar-refractivity contribution < 1.29 is 9.53 Å². The quantitative estimate of drug-likeness (QED) is 0.784. The number of para-hydroxylation sites is 2. The highest BCUT2D eigenvalue weighted by Gasteiger charge is 2.12. The Labute approximate surface area is 128 Å². The summed E-state index contributed by atoms with van der Waals surface area (Å²) < 4.78 is 7.04. The topological polar surface area (TPSA) is 70.1 Å². The third-order valence-corrected chi connectivity index (χ3v) is 3.57. The fraction of sp³-hybridized carbons (Fsp3) is 0.176. The first-order valence-electron chi connectivity index (χ1n) is 7.03. The second kappa shape index (κ2) is 5.89. The normalized spacial score (nSPS) is 10.8. The van der Waals surface area contributed by atoms with Gasteiger partial charge in [-0.2, -0.15) is 0 Å². The van der Waals surface area contributed by atoms with Crippen LogP contribution in [0.2, 0.25) is 0 Å². The van der Waals surface area contributed by atoms with Crippen LogP contribution in [0.15, 0.2) is 48.5 Å². The average Bonchev–Trinajstić information content (AvgIpc) is 2.85. The predicted molar refractivity (Wildman–Crippen MR) is 84.7 cm³/mol. The third kappa shape index (κ3) is 2.79. The molecule has 0 unspecified atom stereocenters.